The van der Waals surface area contributed by atoms with E-state index in [9.17, 15) is 0 Å². The van der Waals surface area contributed by atoms with Crippen LogP contribution in [0.15, 0.2) is 65.8 Å². The summed E-state index contributed by atoms with van der Waals surface area (Å²) in [5, 5.41) is 4.25. The molecule has 2 aromatic carbocycles. The second kappa shape index (κ2) is 10.7. The molecule has 7 nitrogen and oxygen atoms in total. The minimum atomic E-state index is 0.357. The molecule has 1 heterocycles. The highest BCUT2D eigenvalue weighted by Gasteiger charge is 2.14. The third kappa shape index (κ3) is 5.87. The lowest BCUT2D eigenvalue weighted by Gasteiger charge is -2.13. The van der Waals surface area contributed by atoms with Crippen LogP contribution in [0.1, 0.15) is 0 Å². The Balaban J connectivity index is 1.99. The fourth-order valence-electron chi connectivity index (χ4n) is 2.84. The van der Waals surface area contributed by atoms with Crippen LogP contribution in [0.5, 0.6) is 5.75 Å². The number of para-hydroxylation sites is 1. The fourth-order valence-corrected chi connectivity index (χ4v) is 3.34. The third-order valence-electron chi connectivity index (χ3n) is 4.26. The maximum Gasteiger partial charge on any atom is 0.163 e. The lowest BCUT2D eigenvalue weighted by atomic mass is 10.1. The molecule has 1 aromatic heterocycles. The van der Waals surface area contributed by atoms with Crippen LogP contribution in [0.3, 0.4) is 0 Å². The first-order chi connectivity index (χ1) is 15.0. The van der Waals surface area contributed by atoms with E-state index in [1.165, 1.54) is 12.3 Å². The number of nitrogens with two attached hydrogens (primary N) is 2. The molecule has 0 radical (unpaired) electrons. The van der Waals surface area contributed by atoms with Gasteiger partial charge < -0.3 is 21.5 Å². The van der Waals surface area contributed by atoms with E-state index < -0.39 is 0 Å². The summed E-state index contributed by atoms with van der Waals surface area (Å²) < 4.78 is 5.50. The Bertz CT molecular complexity index is 1120. The van der Waals surface area contributed by atoms with Crippen molar-refractivity contribution in [3.05, 3.63) is 70.9 Å². The lowest BCUT2D eigenvalue weighted by Crippen LogP contribution is -2.13. The molecule has 0 saturated carbocycles. The van der Waals surface area contributed by atoms with E-state index in [1.54, 1.807) is 25.3 Å². The topological polar surface area (TPSA) is 111 Å². The number of ether oxygens (including phenoxy) is 1. The van der Waals surface area contributed by atoms with Gasteiger partial charge in [-0.25, -0.2) is 9.97 Å². The molecule has 3 rings (SSSR count). The average Bonchev–Trinajstić information content (AvgIpc) is 2.76. The number of aliphatic imine (C=N–C) groups is 1. The number of aromatic nitrogens is 2. The predicted octanol–water partition coefficient (Wildman–Crippen LogP) is 4.37. The Hall–Kier alpha value is -3.29. The predicted molar refractivity (Wildman–Crippen MR) is 128 cm³/mol. The molecule has 5 N–H and O–H groups in total. The summed E-state index contributed by atoms with van der Waals surface area (Å²) in [6.45, 7) is 0.955. The molecule has 0 bridgehead atoms. The molecule has 0 saturated heterocycles. The highest BCUT2D eigenvalue weighted by Crippen LogP contribution is 2.33. The number of nitrogens with one attached hydrogen (secondary N) is 1. The molecule has 0 aliphatic heterocycles. The molecule has 9 heteroatoms. The van der Waals surface area contributed by atoms with Crippen molar-refractivity contribution < 1.29 is 4.74 Å². The number of benzene rings is 2. The van der Waals surface area contributed by atoms with Gasteiger partial charge in [0.1, 0.15) is 17.4 Å². The third-order valence-corrected chi connectivity index (χ3v) is 4.81. The summed E-state index contributed by atoms with van der Waals surface area (Å²) in [6, 6.07) is 14.7. The number of nitrogens with zero attached hydrogens (tertiary/aromatic N) is 3. The van der Waals surface area contributed by atoms with Crippen LogP contribution in [0.25, 0.3) is 22.6 Å². The summed E-state index contributed by atoms with van der Waals surface area (Å²) in [5.41, 5.74) is 13.2. The van der Waals surface area contributed by atoms with E-state index in [-0.39, 0.29) is 0 Å². The van der Waals surface area contributed by atoms with Gasteiger partial charge in [-0.3, -0.25) is 4.99 Å². The number of hydrogen-bond donors (Lipinski definition) is 3. The molecule has 31 heavy (non-hydrogen) atoms. The first kappa shape index (κ1) is 22.4. The average molecular weight is 457 g/mol. The number of hydrogen-bond acceptors (Lipinski definition) is 6. The van der Waals surface area contributed by atoms with Crippen molar-refractivity contribution >= 4 is 34.9 Å². The summed E-state index contributed by atoms with van der Waals surface area (Å²) in [5.74, 6) is 2.13. The maximum absolute atomic E-state index is 6.41. The fraction of sp³-hybridized carbons (Fsp3) is 0.136. The van der Waals surface area contributed by atoms with Gasteiger partial charge in [0, 0.05) is 28.8 Å². The Morgan fingerprint density at radius 2 is 1.94 bits per heavy atom. The van der Waals surface area contributed by atoms with E-state index in [0.717, 1.165) is 5.56 Å². The quantitative estimate of drug-likeness (QED) is 0.263. The number of rotatable bonds is 8. The van der Waals surface area contributed by atoms with Crippen molar-refractivity contribution in [2.24, 2.45) is 16.5 Å². The Labute approximate surface area is 190 Å². The molecule has 3 aromatic rings. The van der Waals surface area contributed by atoms with Gasteiger partial charge in [0.2, 0.25) is 0 Å². The van der Waals surface area contributed by atoms with Crippen LogP contribution < -0.4 is 21.5 Å². The highest BCUT2D eigenvalue weighted by atomic mass is 35.5. The van der Waals surface area contributed by atoms with E-state index >= 15 is 0 Å². The summed E-state index contributed by atoms with van der Waals surface area (Å²) in [7, 11) is 1.62. The van der Waals surface area contributed by atoms with Crippen molar-refractivity contribution in [2.45, 2.75) is 0 Å². The summed E-state index contributed by atoms with van der Waals surface area (Å²) in [4.78, 5) is 13.6. The normalized spacial score (nSPS) is 11.6. The van der Waals surface area contributed by atoms with Gasteiger partial charge in [-0.05, 0) is 42.6 Å². The first-order valence-corrected chi connectivity index (χ1v) is 10.2. The van der Waals surface area contributed by atoms with Crippen molar-refractivity contribution in [1.82, 2.24) is 9.97 Å². The zero-order chi connectivity index (χ0) is 22.2. The standard InChI is InChI=1S/C22H22Cl2N6O/c1-31-19-5-3-2-4-16(19)18-13-21(28-11-10-27-20(26)8-9-25)30-22(29-18)15-7-6-14(23)12-17(15)24/h2-9,12-13H,10-11,25H2,1H3,(H2,26,27)(H,28,29,30). The smallest absolute Gasteiger partial charge is 0.163 e. The number of anilines is 1. The lowest BCUT2D eigenvalue weighted by molar-refractivity contribution is 0.416. The van der Waals surface area contributed by atoms with Gasteiger partial charge in [0.25, 0.3) is 0 Å². The molecule has 0 fully saturated rings. The second-order valence-corrected chi connectivity index (χ2v) is 7.22. The van der Waals surface area contributed by atoms with E-state index in [0.29, 0.717) is 57.6 Å². The minimum Gasteiger partial charge on any atom is -0.496 e. The molecule has 160 valence electrons. The molecule has 0 spiro atoms. The van der Waals surface area contributed by atoms with Gasteiger partial charge in [0.15, 0.2) is 5.82 Å². The van der Waals surface area contributed by atoms with Crippen molar-refractivity contribution in [1.29, 1.82) is 0 Å². The maximum atomic E-state index is 6.41. The van der Waals surface area contributed by atoms with E-state index in [1.807, 2.05) is 30.3 Å². The number of halogens is 2. The van der Waals surface area contributed by atoms with Gasteiger partial charge in [-0.1, -0.05) is 35.3 Å². The van der Waals surface area contributed by atoms with Crippen molar-refractivity contribution in [2.75, 3.05) is 25.5 Å². The molecular formula is C22H22Cl2N6O. The van der Waals surface area contributed by atoms with Crippen LogP contribution in [-0.2, 0) is 0 Å². The highest BCUT2D eigenvalue weighted by molar-refractivity contribution is 6.36. The van der Waals surface area contributed by atoms with Crippen LogP contribution >= 0.6 is 23.2 Å². The molecule has 0 aliphatic carbocycles. The Kier molecular flexibility index (Phi) is 7.70. The SMILES string of the molecule is COc1ccccc1-c1cc(NCCN=C(N)C=CN)nc(-c2ccc(Cl)cc2Cl)n1. The summed E-state index contributed by atoms with van der Waals surface area (Å²) in [6.07, 6.45) is 2.88. The largest absolute Gasteiger partial charge is 0.496 e. The second-order valence-electron chi connectivity index (χ2n) is 6.38. The van der Waals surface area contributed by atoms with Gasteiger partial charge in [-0.15, -0.1) is 0 Å². The molecular weight excluding hydrogens is 435 g/mol. The zero-order valence-corrected chi connectivity index (χ0v) is 18.4. The van der Waals surface area contributed by atoms with E-state index in [4.69, 9.17) is 44.4 Å². The first-order valence-electron chi connectivity index (χ1n) is 9.41. The minimum absolute atomic E-state index is 0.357. The van der Waals surface area contributed by atoms with Gasteiger partial charge >= 0.3 is 0 Å². The van der Waals surface area contributed by atoms with E-state index in [2.05, 4.69) is 15.3 Å². The molecule has 0 aliphatic rings. The molecule has 0 amide bonds. The van der Waals surface area contributed by atoms with Gasteiger partial charge in [0.05, 0.1) is 24.4 Å². The number of amidine groups is 1. The van der Waals surface area contributed by atoms with Crippen LogP contribution in [0.4, 0.5) is 5.82 Å². The van der Waals surface area contributed by atoms with Crippen molar-refractivity contribution in [3.63, 3.8) is 0 Å². The molecule has 0 atom stereocenters. The van der Waals surface area contributed by atoms with Crippen molar-refractivity contribution in [3.8, 4) is 28.4 Å². The summed E-state index contributed by atoms with van der Waals surface area (Å²) >= 11 is 12.5. The molecule has 0 unspecified atom stereocenters. The van der Waals surface area contributed by atoms with Crippen LogP contribution in [0.2, 0.25) is 10.0 Å². The Morgan fingerprint density at radius 3 is 2.68 bits per heavy atom. The number of methoxy groups -OCH3 is 1. The van der Waals surface area contributed by atoms with Crippen LogP contribution in [0, 0.1) is 0 Å². The van der Waals surface area contributed by atoms with Crippen LogP contribution in [-0.4, -0.2) is 36.0 Å². The Morgan fingerprint density at radius 1 is 1.13 bits per heavy atom. The van der Waals surface area contributed by atoms with Gasteiger partial charge in [-0.2, -0.15) is 0 Å². The zero-order valence-electron chi connectivity index (χ0n) is 16.8. The monoisotopic (exact) mass is 456 g/mol.